The summed E-state index contributed by atoms with van der Waals surface area (Å²) in [5, 5.41) is 2.75. The Bertz CT molecular complexity index is 381. The summed E-state index contributed by atoms with van der Waals surface area (Å²) in [7, 11) is 1.63. The Morgan fingerprint density at radius 3 is 2.71 bits per heavy atom. The Kier molecular flexibility index (Phi) is 6.61. The minimum Gasteiger partial charge on any atom is -0.496 e. The maximum Gasteiger partial charge on any atom is 0.236 e. The lowest BCUT2D eigenvalue weighted by atomic mass is 10.1. The number of halogens is 1. The highest BCUT2D eigenvalue weighted by Crippen LogP contribution is 2.18. The normalized spacial score (nSPS) is 11.3. The highest BCUT2D eigenvalue weighted by molar-refractivity contribution is 5.85. The molecule has 0 spiro atoms. The maximum absolute atomic E-state index is 11.3. The maximum atomic E-state index is 11.3. The third kappa shape index (κ3) is 4.63. The van der Waals surface area contributed by atoms with Gasteiger partial charge in [0.15, 0.2) is 0 Å². The molecule has 1 aromatic rings. The van der Waals surface area contributed by atoms with E-state index in [1.165, 1.54) is 0 Å². The first-order valence-corrected chi connectivity index (χ1v) is 5.21. The van der Waals surface area contributed by atoms with Gasteiger partial charge in [0.25, 0.3) is 0 Å². The fourth-order valence-electron chi connectivity index (χ4n) is 1.32. The van der Waals surface area contributed by atoms with E-state index in [1.54, 1.807) is 14.0 Å². The van der Waals surface area contributed by atoms with Crippen LogP contribution in [0.1, 0.15) is 18.1 Å². The van der Waals surface area contributed by atoms with Gasteiger partial charge in [-0.25, -0.2) is 0 Å². The van der Waals surface area contributed by atoms with Crippen molar-refractivity contribution in [3.05, 3.63) is 29.3 Å². The van der Waals surface area contributed by atoms with E-state index in [-0.39, 0.29) is 18.3 Å². The predicted octanol–water partition coefficient (Wildman–Crippen LogP) is 1.39. The minimum absolute atomic E-state index is 0. The molecule has 4 nitrogen and oxygen atoms in total. The molecular weight excluding hydrogens is 240 g/mol. The molecular formula is C12H19ClN2O2. The summed E-state index contributed by atoms with van der Waals surface area (Å²) in [5.41, 5.74) is 7.51. The number of hydrogen-bond donors (Lipinski definition) is 2. The molecule has 96 valence electrons. The number of methoxy groups -OCH3 is 1. The second kappa shape index (κ2) is 7.14. The first-order chi connectivity index (χ1) is 7.54. The van der Waals surface area contributed by atoms with Crippen LogP contribution in [0.3, 0.4) is 0 Å². The van der Waals surface area contributed by atoms with Crippen LogP contribution in [-0.4, -0.2) is 19.1 Å². The van der Waals surface area contributed by atoms with Crippen LogP contribution in [0.25, 0.3) is 0 Å². The van der Waals surface area contributed by atoms with E-state index < -0.39 is 6.04 Å². The molecule has 0 aliphatic heterocycles. The van der Waals surface area contributed by atoms with E-state index in [2.05, 4.69) is 5.32 Å². The number of hydrogen-bond acceptors (Lipinski definition) is 3. The molecule has 3 N–H and O–H groups in total. The Morgan fingerprint density at radius 1 is 1.53 bits per heavy atom. The van der Waals surface area contributed by atoms with Crippen molar-refractivity contribution in [1.82, 2.24) is 5.32 Å². The Hall–Kier alpha value is -1.26. The molecule has 0 bridgehead atoms. The number of nitrogens with two attached hydrogens (primary N) is 1. The highest BCUT2D eigenvalue weighted by atomic mass is 35.5. The van der Waals surface area contributed by atoms with Gasteiger partial charge in [-0.3, -0.25) is 4.79 Å². The van der Waals surface area contributed by atoms with Gasteiger partial charge >= 0.3 is 0 Å². The third-order valence-corrected chi connectivity index (χ3v) is 2.35. The summed E-state index contributed by atoms with van der Waals surface area (Å²) in [4.78, 5) is 11.3. The van der Waals surface area contributed by atoms with Gasteiger partial charge in [0.05, 0.1) is 13.2 Å². The quantitative estimate of drug-likeness (QED) is 0.858. The van der Waals surface area contributed by atoms with Crippen molar-refractivity contribution in [2.75, 3.05) is 7.11 Å². The van der Waals surface area contributed by atoms with Crippen molar-refractivity contribution in [3.8, 4) is 5.75 Å². The van der Waals surface area contributed by atoms with Crippen molar-refractivity contribution in [1.29, 1.82) is 0 Å². The van der Waals surface area contributed by atoms with Gasteiger partial charge < -0.3 is 15.8 Å². The second-order valence-corrected chi connectivity index (χ2v) is 3.81. The van der Waals surface area contributed by atoms with Crippen LogP contribution in [0.4, 0.5) is 0 Å². The molecule has 1 amide bonds. The zero-order valence-electron chi connectivity index (χ0n) is 10.3. The van der Waals surface area contributed by atoms with Crippen LogP contribution >= 0.6 is 12.4 Å². The van der Waals surface area contributed by atoms with Gasteiger partial charge in [-0.15, -0.1) is 12.4 Å². The molecule has 0 aliphatic carbocycles. The minimum atomic E-state index is -0.479. The number of nitrogens with one attached hydrogen (secondary N) is 1. The van der Waals surface area contributed by atoms with E-state index in [0.29, 0.717) is 6.54 Å². The van der Waals surface area contributed by atoms with Crippen LogP contribution in [0.5, 0.6) is 5.75 Å². The van der Waals surface area contributed by atoms with Crippen molar-refractivity contribution in [2.24, 2.45) is 5.73 Å². The summed E-state index contributed by atoms with van der Waals surface area (Å²) < 4.78 is 5.20. The number of carbonyl (C=O) groups excluding carboxylic acids is 1. The fourth-order valence-corrected chi connectivity index (χ4v) is 1.32. The number of carbonyl (C=O) groups is 1. The molecule has 1 rings (SSSR count). The molecule has 0 aliphatic rings. The second-order valence-electron chi connectivity index (χ2n) is 3.81. The highest BCUT2D eigenvalue weighted by Gasteiger charge is 2.07. The molecule has 17 heavy (non-hydrogen) atoms. The van der Waals surface area contributed by atoms with Crippen LogP contribution < -0.4 is 15.8 Å². The Labute approximate surface area is 108 Å². The Balaban J connectivity index is 0.00000256. The third-order valence-electron chi connectivity index (χ3n) is 2.35. The topological polar surface area (TPSA) is 64.3 Å². The van der Waals surface area contributed by atoms with E-state index in [0.717, 1.165) is 16.9 Å². The first kappa shape index (κ1) is 15.7. The zero-order chi connectivity index (χ0) is 12.1. The molecule has 0 unspecified atom stereocenters. The lowest BCUT2D eigenvalue weighted by molar-refractivity contribution is -0.122. The summed E-state index contributed by atoms with van der Waals surface area (Å²) in [6.07, 6.45) is 0. The van der Waals surface area contributed by atoms with Crippen molar-refractivity contribution in [3.63, 3.8) is 0 Å². The first-order valence-electron chi connectivity index (χ1n) is 5.21. The van der Waals surface area contributed by atoms with Crippen LogP contribution in [0, 0.1) is 6.92 Å². The summed E-state index contributed by atoms with van der Waals surface area (Å²) in [6, 6.07) is 5.36. The molecule has 0 saturated heterocycles. The van der Waals surface area contributed by atoms with Gasteiger partial charge in [0, 0.05) is 6.54 Å². The lowest BCUT2D eigenvalue weighted by Gasteiger charge is -2.10. The number of ether oxygens (including phenoxy) is 1. The van der Waals surface area contributed by atoms with Crippen LogP contribution in [-0.2, 0) is 11.3 Å². The van der Waals surface area contributed by atoms with Gasteiger partial charge in [-0.1, -0.05) is 12.1 Å². The van der Waals surface area contributed by atoms with Gasteiger partial charge in [-0.05, 0) is 31.0 Å². The SMILES string of the molecule is COc1cc(CNC(=O)[C@@H](C)N)ccc1C.Cl. The van der Waals surface area contributed by atoms with Crippen LogP contribution in [0.15, 0.2) is 18.2 Å². The predicted molar refractivity (Wildman–Crippen MR) is 70.5 cm³/mol. The smallest absolute Gasteiger partial charge is 0.236 e. The van der Waals surface area contributed by atoms with Crippen molar-refractivity contribution >= 4 is 18.3 Å². The molecule has 0 heterocycles. The van der Waals surface area contributed by atoms with Crippen LogP contribution in [0.2, 0.25) is 0 Å². The molecule has 5 heteroatoms. The van der Waals surface area contributed by atoms with E-state index in [4.69, 9.17) is 10.5 Å². The Morgan fingerprint density at radius 2 is 2.18 bits per heavy atom. The van der Waals surface area contributed by atoms with E-state index in [9.17, 15) is 4.79 Å². The molecule has 0 fully saturated rings. The summed E-state index contributed by atoms with van der Waals surface area (Å²) in [6.45, 7) is 4.10. The average Bonchev–Trinajstić information content (AvgIpc) is 2.27. The van der Waals surface area contributed by atoms with Gasteiger partial charge in [0.2, 0.25) is 5.91 Å². The van der Waals surface area contributed by atoms with E-state index in [1.807, 2.05) is 25.1 Å². The van der Waals surface area contributed by atoms with Crippen molar-refractivity contribution in [2.45, 2.75) is 26.4 Å². The van der Waals surface area contributed by atoms with E-state index >= 15 is 0 Å². The monoisotopic (exact) mass is 258 g/mol. The van der Waals surface area contributed by atoms with Crippen molar-refractivity contribution < 1.29 is 9.53 Å². The number of amides is 1. The molecule has 1 aromatic carbocycles. The molecule has 0 saturated carbocycles. The zero-order valence-corrected chi connectivity index (χ0v) is 11.1. The average molecular weight is 259 g/mol. The summed E-state index contributed by atoms with van der Waals surface area (Å²) in [5.74, 6) is 0.673. The standard InChI is InChI=1S/C12H18N2O2.ClH/c1-8-4-5-10(6-11(8)16-3)7-14-12(15)9(2)13;/h4-6,9H,7,13H2,1-3H3,(H,14,15);1H/t9-;/m1./s1. The number of aryl methyl sites for hydroxylation is 1. The molecule has 1 atom stereocenters. The van der Waals surface area contributed by atoms with Gasteiger partial charge in [0.1, 0.15) is 5.75 Å². The molecule has 0 aromatic heterocycles. The summed E-state index contributed by atoms with van der Waals surface area (Å²) >= 11 is 0. The lowest BCUT2D eigenvalue weighted by Crippen LogP contribution is -2.37. The fraction of sp³-hybridized carbons (Fsp3) is 0.417. The number of rotatable bonds is 4. The van der Waals surface area contributed by atoms with Gasteiger partial charge in [-0.2, -0.15) is 0 Å². The number of benzene rings is 1. The largest absolute Gasteiger partial charge is 0.496 e. The molecule has 0 radical (unpaired) electrons.